The maximum Gasteiger partial charge on any atom is 0.271 e. The fraction of sp³-hybridized carbons (Fsp3) is 0.350. The van der Waals surface area contributed by atoms with Gasteiger partial charge in [-0.2, -0.15) is 0 Å². The second-order valence-corrected chi connectivity index (χ2v) is 6.84. The van der Waals surface area contributed by atoms with Crippen LogP contribution in [-0.4, -0.2) is 30.1 Å². The van der Waals surface area contributed by atoms with Crippen LogP contribution in [0, 0.1) is 23.0 Å². The van der Waals surface area contributed by atoms with Crippen molar-refractivity contribution in [2.75, 3.05) is 18.1 Å². The molecule has 1 atom stereocenters. The van der Waals surface area contributed by atoms with Gasteiger partial charge in [-0.25, -0.2) is 0 Å². The van der Waals surface area contributed by atoms with E-state index in [1.54, 1.807) is 6.07 Å². The summed E-state index contributed by atoms with van der Waals surface area (Å²) >= 11 is 0. The first-order valence-corrected chi connectivity index (χ1v) is 8.83. The van der Waals surface area contributed by atoms with Gasteiger partial charge in [-0.05, 0) is 31.0 Å². The molecule has 2 aromatic carbocycles. The smallest absolute Gasteiger partial charge is 0.271 e. The van der Waals surface area contributed by atoms with Gasteiger partial charge in [0, 0.05) is 12.1 Å². The highest BCUT2D eigenvalue weighted by Crippen LogP contribution is 2.38. The molecule has 1 aliphatic rings. The highest BCUT2D eigenvalue weighted by Gasteiger charge is 2.37. The molecule has 0 spiro atoms. The fourth-order valence-electron chi connectivity index (χ4n) is 2.93. The summed E-state index contributed by atoms with van der Waals surface area (Å²) in [6.07, 6.45) is -0.627. The lowest BCUT2D eigenvalue weighted by Crippen LogP contribution is -2.49. The number of benzene rings is 2. The lowest BCUT2D eigenvalue weighted by molar-refractivity contribution is -0.384. The molecule has 1 aliphatic heterocycles. The van der Waals surface area contributed by atoms with Crippen molar-refractivity contribution in [3.8, 4) is 11.5 Å². The number of ether oxygens (including phenoxy) is 2. The van der Waals surface area contributed by atoms with Crippen LogP contribution < -0.4 is 14.4 Å². The topological polar surface area (TPSA) is 81.9 Å². The number of hydrogen-bond donors (Lipinski definition) is 0. The number of nitro groups is 1. The number of nitrogens with zero attached hydrogens (tertiary/aromatic N) is 2. The zero-order valence-corrected chi connectivity index (χ0v) is 15.5. The Kier molecular flexibility index (Phi) is 5.30. The largest absolute Gasteiger partial charge is 0.492 e. The highest BCUT2D eigenvalue weighted by atomic mass is 16.6. The normalized spacial score (nSPS) is 16.1. The molecule has 7 heteroatoms. The van der Waals surface area contributed by atoms with Gasteiger partial charge in [0.25, 0.3) is 11.6 Å². The number of carbonyl (C=O) groups is 1. The monoisotopic (exact) mass is 370 g/mol. The van der Waals surface area contributed by atoms with E-state index in [-0.39, 0.29) is 30.7 Å². The van der Waals surface area contributed by atoms with Crippen LogP contribution in [0.1, 0.15) is 19.4 Å². The predicted octanol–water partition coefficient (Wildman–Crippen LogP) is 3.73. The molecule has 0 N–H and O–H groups in total. The average molecular weight is 370 g/mol. The molecule has 1 unspecified atom stereocenters. The number of hydrogen-bond acceptors (Lipinski definition) is 5. The van der Waals surface area contributed by atoms with Gasteiger partial charge < -0.3 is 14.4 Å². The molecule has 0 radical (unpaired) electrons. The van der Waals surface area contributed by atoms with Crippen molar-refractivity contribution in [1.29, 1.82) is 0 Å². The van der Waals surface area contributed by atoms with Gasteiger partial charge in [-0.15, -0.1) is 0 Å². The molecule has 3 rings (SSSR count). The maximum atomic E-state index is 12.9. The summed E-state index contributed by atoms with van der Waals surface area (Å²) in [5.41, 5.74) is 1.45. The van der Waals surface area contributed by atoms with E-state index in [1.807, 2.05) is 45.0 Å². The molecule has 0 bridgehead atoms. The molecular weight excluding hydrogens is 348 g/mol. The summed E-state index contributed by atoms with van der Waals surface area (Å²) in [7, 11) is 0. The average Bonchev–Trinajstić information content (AvgIpc) is 2.64. The second kappa shape index (κ2) is 7.65. The lowest BCUT2D eigenvalue weighted by Gasteiger charge is -2.35. The molecule has 1 amide bonds. The van der Waals surface area contributed by atoms with Crippen molar-refractivity contribution < 1.29 is 19.2 Å². The van der Waals surface area contributed by atoms with Crippen LogP contribution in [0.5, 0.6) is 11.5 Å². The van der Waals surface area contributed by atoms with Crippen LogP contribution in [0.2, 0.25) is 0 Å². The molecular formula is C20H22N2O5. The first-order chi connectivity index (χ1) is 12.9. The molecule has 7 nitrogen and oxygen atoms in total. The van der Waals surface area contributed by atoms with Gasteiger partial charge >= 0.3 is 0 Å². The minimum absolute atomic E-state index is 0.0265. The SMILES string of the molecule is Cc1ccc(OCCN2C(=O)C(C(C)C)Oc3ccc([N+](=O)[O-])cc32)cc1. The second-order valence-electron chi connectivity index (χ2n) is 6.84. The van der Waals surface area contributed by atoms with Crippen molar-refractivity contribution in [2.24, 2.45) is 5.92 Å². The number of aryl methyl sites for hydroxylation is 1. The minimum atomic E-state index is -0.627. The Labute approximate surface area is 157 Å². The first-order valence-electron chi connectivity index (χ1n) is 8.83. The third-order valence-electron chi connectivity index (χ3n) is 4.42. The Bertz CT molecular complexity index is 848. The fourth-order valence-corrected chi connectivity index (χ4v) is 2.93. The molecule has 2 aromatic rings. The lowest BCUT2D eigenvalue weighted by atomic mass is 10.0. The summed E-state index contributed by atoms with van der Waals surface area (Å²) in [6.45, 7) is 6.33. The molecule has 0 saturated carbocycles. The van der Waals surface area contributed by atoms with E-state index < -0.39 is 11.0 Å². The number of rotatable bonds is 6. The Morgan fingerprint density at radius 3 is 2.56 bits per heavy atom. The van der Waals surface area contributed by atoms with Crippen LogP contribution in [0.25, 0.3) is 0 Å². The Morgan fingerprint density at radius 1 is 1.22 bits per heavy atom. The number of carbonyl (C=O) groups excluding carboxylic acids is 1. The van der Waals surface area contributed by atoms with E-state index in [2.05, 4.69) is 0 Å². The number of nitro benzene ring substituents is 1. The van der Waals surface area contributed by atoms with E-state index in [0.717, 1.165) is 5.56 Å². The van der Waals surface area contributed by atoms with Crippen LogP contribution in [-0.2, 0) is 4.79 Å². The van der Waals surface area contributed by atoms with E-state index in [9.17, 15) is 14.9 Å². The van der Waals surface area contributed by atoms with Gasteiger partial charge in [0.15, 0.2) is 6.10 Å². The molecule has 0 aromatic heterocycles. The van der Waals surface area contributed by atoms with Crippen LogP contribution in [0.15, 0.2) is 42.5 Å². The first kappa shape index (κ1) is 18.7. The number of non-ortho nitro benzene ring substituents is 1. The number of amides is 1. The molecule has 1 heterocycles. The van der Waals surface area contributed by atoms with Crippen LogP contribution >= 0.6 is 0 Å². The number of anilines is 1. The number of fused-ring (bicyclic) bond motifs is 1. The molecule has 27 heavy (non-hydrogen) atoms. The third-order valence-corrected chi connectivity index (χ3v) is 4.42. The van der Waals surface area contributed by atoms with Crippen molar-refractivity contribution in [2.45, 2.75) is 26.9 Å². The van der Waals surface area contributed by atoms with Crippen LogP contribution in [0.3, 0.4) is 0 Å². The van der Waals surface area contributed by atoms with Crippen LogP contribution in [0.4, 0.5) is 11.4 Å². The standard InChI is InChI=1S/C20H22N2O5/c1-13(2)19-20(23)21(10-11-26-16-7-4-14(3)5-8-16)17-12-15(22(24)25)6-9-18(17)27-19/h4-9,12-13,19H,10-11H2,1-3H3. The Morgan fingerprint density at radius 2 is 1.93 bits per heavy atom. The third kappa shape index (κ3) is 4.02. The van der Waals surface area contributed by atoms with Gasteiger partial charge in [0.1, 0.15) is 18.1 Å². The van der Waals surface area contributed by atoms with Gasteiger partial charge in [0.05, 0.1) is 17.2 Å². The molecule has 142 valence electrons. The van der Waals surface area contributed by atoms with E-state index >= 15 is 0 Å². The van der Waals surface area contributed by atoms with Gasteiger partial charge in [0.2, 0.25) is 0 Å². The van der Waals surface area contributed by atoms with Gasteiger partial charge in [-0.3, -0.25) is 14.9 Å². The summed E-state index contributed by atoms with van der Waals surface area (Å²) in [4.78, 5) is 25.0. The van der Waals surface area contributed by atoms with E-state index in [1.165, 1.54) is 17.0 Å². The summed E-state index contributed by atoms with van der Waals surface area (Å²) < 4.78 is 11.5. The molecule has 0 saturated heterocycles. The minimum Gasteiger partial charge on any atom is -0.492 e. The Balaban J connectivity index is 1.82. The zero-order chi connectivity index (χ0) is 19.6. The summed E-state index contributed by atoms with van der Waals surface area (Å²) in [5, 5.41) is 11.1. The summed E-state index contributed by atoms with van der Waals surface area (Å²) in [6, 6.07) is 11.9. The van der Waals surface area contributed by atoms with E-state index in [4.69, 9.17) is 9.47 Å². The zero-order valence-electron chi connectivity index (χ0n) is 15.5. The van der Waals surface area contributed by atoms with E-state index in [0.29, 0.717) is 17.2 Å². The molecule has 0 aliphatic carbocycles. The molecule has 0 fully saturated rings. The van der Waals surface area contributed by atoms with Crippen molar-refractivity contribution in [3.63, 3.8) is 0 Å². The quantitative estimate of drug-likeness (QED) is 0.572. The maximum absolute atomic E-state index is 12.9. The summed E-state index contributed by atoms with van der Waals surface area (Å²) in [5.74, 6) is 0.932. The Hall–Kier alpha value is -3.09. The highest BCUT2D eigenvalue weighted by molar-refractivity contribution is 6.00. The van der Waals surface area contributed by atoms with Crippen molar-refractivity contribution >= 4 is 17.3 Å². The van der Waals surface area contributed by atoms with Crippen molar-refractivity contribution in [3.05, 3.63) is 58.1 Å². The van der Waals surface area contributed by atoms with Gasteiger partial charge in [-0.1, -0.05) is 31.5 Å². The predicted molar refractivity (Wildman–Crippen MR) is 101 cm³/mol. The van der Waals surface area contributed by atoms with Crippen molar-refractivity contribution in [1.82, 2.24) is 0 Å².